The molecule has 40 heavy (non-hydrogen) atoms. The van der Waals surface area contributed by atoms with Gasteiger partial charge in [0.05, 0.1) is 54.2 Å². The smallest absolute Gasteiger partial charge is 0.412 e. The first kappa shape index (κ1) is 27.0. The summed E-state index contributed by atoms with van der Waals surface area (Å²) in [7, 11) is 3.16. The number of rotatable bonds is 8. The fourth-order valence-corrected chi connectivity index (χ4v) is 4.89. The van der Waals surface area contributed by atoms with Crippen LogP contribution in [0.15, 0.2) is 48.9 Å². The Bertz CT molecular complexity index is 1690. The van der Waals surface area contributed by atoms with Gasteiger partial charge in [0, 0.05) is 23.1 Å². The molecular formula is C28H26FN5O5S. The number of ether oxygens (including phenoxy) is 4. The van der Waals surface area contributed by atoms with Gasteiger partial charge in [-0.3, -0.25) is 10.3 Å². The number of benzene rings is 2. The van der Waals surface area contributed by atoms with Crippen LogP contribution < -0.4 is 19.5 Å². The lowest BCUT2D eigenvalue weighted by molar-refractivity contribution is 0.0402. The SMILES string of the molecule is COc1cnc2c(-c3nc4cc(F)c(O[C@@H](C)[C@@H](C)OC(=O)Nc5cnc(C)nc5)cc4s3)cc(OC)cc2c1. The van der Waals surface area contributed by atoms with Crippen LogP contribution >= 0.6 is 11.3 Å². The van der Waals surface area contributed by atoms with Crippen molar-refractivity contribution in [1.82, 2.24) is 19.9 Å². The molecule has 2 atom stereocenters. The Morgan fingerprint density at radius 2 is 1.68 bits per heavy atom. The van der Waals surface area contributed by atoms with Crippen LogP contribution in [0.2, 0.25) is 0 Å². The molecule has 0 aliphatic heterocycles. The zero-order chi connectivity index (χ0) is 28.4. The number of aryl methyl sites for hydroxylation is 1. The molecular weight excluding hydrogens is 537 g/mol. The van der Waals surface area contributed by atoms with Gasteiger partial charge in [0.2, 0.25) is 0 Å². The zero-order valence-corrected chi connectivity index (χ0v) is 23.2. The summed E-state index contributed by atoms with van der Waals surface area (Å²) < 4.78 is 37.8. The number of anilines is 1. The molecule has 0 aliphatic rings. The maximum Gasteiger partial charge on any atom is 0.412 e. The summed E-state index contributed by atoms with van der Waals surface area (Å²) in [5, 5.41) is 4.03. The van der Waals surface area contributed by atoms with Crippen molar-refractivity contribution in [1.29, 1.82) is 0 Å². The monoisotopic (exact) mass is 563 g/mol. The summed E-state index contributed by atoms with van der Waals surface area (Å²) in [6.45, 7) is 5.09. The quantitative estimate of drug-likeness (QED) is 0.236. The van der Waals surface area contributed by atoms with Gasteiger partial charge >= 0.3 is 6.09 Å². The number of fused-ring (bicyclic) bond motifs is 2. The molecule has 12 heteroatoms. The molecule has 3 heterocycles. The highest BCUT2D eigenvalue weighted by molar-refractivity contribution is 7.21. The minimum absolute atomic E-state index is 0.0244. The van der Waals surface area contributed by atoms with E-state index in [-0.39, 0.29) is 5.75 Å². The number of thiazole rings is 1. The number of amides is 1. The number of nitrogens with zero attached hydrogens (tertiary/aromatic N) is 4. The van der Waals surface area contributed by atoms with E-state index in [2.05, 4.69) is 25.3 Å². The highest BCUT2D eigenvalue weighted by Crippen LogP contribution is 2.39. The highest BCUT2D eigenvalue weighted by atomic mass is 32.1. The molecule has 0 aliphatic carbocycles. The Kier molecular flexibility index (Phi) is 7.60. The van der Waals surface area contributed by atoms with Gasteiger partial charge in [-0.25, -0.2) is 24.1 Å². The average Bonchev–Trinajstić information content (AvgIpc) is 3.35. The zero-order valence-electron chi connectivity index (χ0n) is 22.4. The van der Waals surface area contributed by atoms with Crippen molar-refractivity contribution in [2.45, 2.75) is 33.0 Å². The van der Waals surface area contributed by atoms with E-state index in [0.717, 1.165) is 10.9 Å². The van der Waals surface area contributed by atoms with Gasteiger partial charge in [-0.15, -0.1) is 11.3 Å². The van der Waals surface area contributed by atoms with E-state index in [9.17, 15) is 4.79 Å². The lowest BCUT2D eigenvalue weighted by atomic mass is 10.1. The number of hydrogen-bond donors (Lipinski definition) is 1. The van der Waals surface area contributed by atoms with Crippen LogP contribution in [-0.4, -0.2) is 52.5 Å². The van der Waals surface area contributed by atoms with Crippen LogP contribution in [-0.2, 0) is 4.74 Å². The Hall–Kier alpha value is -4.58. The Morgan fingerprint density at radius 3 is 2.40 bits per heavy atom. The molecule has 10 nitrogen and oxygen atoms in total. The molecule has 206 valence electrons. The van der Waals surface area contributed by atoms with Gasteiger partial charge in [0.25, 0.3) is 0 Å². The van der Waals surface area contributed by atoms with Crippen molar-refractivity contribution in [2.75, 3.05) is 19.5 Å². The molecule has 5 aromatic rings. The second-order valence-corrected chi connectivity index (χ2v) is 10.00. The summed E-state index contributed by atoms with van der Waals surface area (Å²) in [6, 6.07) is 8.51. The largest absolute Gasteiger partial charge is 0.497 e. The predicted octanol–water partition coefficient (Wildman–Crippen LogP) is 6.17. The van der Waals surface area contributed by atoms with Crippen molar-refractivity contribution < 1.29 is 28.1 Å². The first-order valence-electron chi connectivity index (χ1n) is 12.3. The summed E-state index contributed by atoms with van der Waals surface area (Å²) in [4.78, 5) is 29.5. The molecule has 0 radical (unpaired) electrons. The molecule has 0 spiro atoms. The van der Waals surface area contributed by atoms with E-state index < -0.39 is 24.1 Å². The van der Waals surface area contributed by atoms with Crippen molar-refractivity contribution in [3.63, 3.8) is 0 Å². The van der Waals surface area contributed by atoms with Crippen LogP contribution in [0, 0.1) is 12.7 Å². The fourth-order valence-electron chi connectivity index (χ4n) is 3.90. The average molecular weight is 564 g/mol. The number of pyridine rings is 1. The third-order valence-electron chi connectivity index (χ3n) is 6.17. The first-order chi connectivity index (χ1) is 19.2. The molecule has 0 saturated heterocycles. The second-order valence-electron chi connectivity index (χ2n) is 8.97. The van der Waals surface area contributed by atoms with Crippen molar-refractivity contribution in [2.24, 2.45) is 0 Å². The molecule has 0 fully saturated rings. The number of carbonyl (C=O) groups excluding carboxylic acids is 1. The lowest BCUT2D eigenvalue weighted by Gasteiger charge is -2.22. The maximum absolute atomic E-state index is 15.1. The Labute approximate surface area is 233 Å². The molecule has 0 unspecified atom stereocenters. The minimum Gasteiger partial charge on any atom is -0.497 e. The van der Waals surface area contributed by atoms with E-state index in [0.29, 0.717) is 43.8 Å². The molecule has 5 rings (SSSR count). The van der Waals surface area contributed by atoms with Crippen molar-refractivity contribution >= 4 is 44.2 Å². The summed E-state index contributed by atoms with van der Waals surface area (Å²) in [6.07, 6.45) is 2.55. The Morgan fingerprint density at radius 1 is 0.950 bits per heavy atom. The van der Waals surface area contributed by atoms with E-state index in [4.69, 9.17) is 18.9 Å². The fraction of sp³-hybridized carbons (Fsp3) is 0.250. The van der Waals surface area contributed by atoms with Crippen LogP contribution in [0.1, 0.15) is 19.7 Å². The number of carbonyl (C=O) groups is 1. The van der Waals surface area contributed by atoms with Gasteiger partial charge < -0.3 is 18.9 Å². The van der Waals surface area contributed by atoms with Crippen LogP contribution in [0.25, 0.3) is 31.7 Å². The van der Waals surface area contributed by atoms with E-state index in [1.807, 2.05) is 18.2 Å². The van der Waals surface area contributed by atoms with Gasteiger partial charge in [-0.05, 0) is 39.0 Å². The third-order valence-corrected chi connectivity index (χ3v) is 7.22. The van der Waals surface area contributed by atoms with Crippen molar-refractivity contribution in [3.8, 4) is 27.8 Å². The number of hydrogen-bond acceptors (Lipinski definition) is 10. The lowest BCUT2D eigenvalue weighted by Crippen LogP contribution is -2.32. The molecule has 3 aromatic heterocycles. The summed E-state index contributed by atoms with van der Waals surface area (Å²) >= 11 is 1.37. The van der Waals surface area contributed by atoms with E-state index in [1.54, 1.807) is 47.3 Å². The predicted molar refractivity (Wildman–Crippen MR) is 150 cm³/mol. The summed E-state index contributed by atoms with van der Waals surface area (Å²) in [5.41, 5.74) is 2.34. The van der Waals surface area contributed by atoms with Gasteiger partial charge in [0.15, 0.2) is 11.6 Å². The standard InChI is InChI=1S/C28H26FN5O5S/c1-14(15(2)39-28(35)33-18-11-30-16(3)31-12-18)38-24-10-25-23(9-22(24)29)34-27(40-25)21-8-19(36-4)6-17-7-20(37-5)13-32-26(17)21/h6-15H,1-5H3,(H,33,35)/t14-,15+/m0/s1. The molecule has 2 aromatic carbocycles. The van der Waals surface area contributed by atoms with E-state index in [1.165, 1.54) is 29.8 Å². The molecule has 1 N–H and O–H groups in total. The second kappa shape index (κ2) is 11.3. The molecule has 1 amide bonds. The van der Waals surface area contributed by atoms with Crippen LogP contribution in [0.3, 0.4) is 0 Å². The van der Waals surface area contributed by atoms with Gasteiger partial charge in [-0.2, -0.15) is 0 Å². The summed E-state index contributed by atoms with van der Waals surface area (Å²) in [5.74, 6) is 1.28. The number of halogens is 1. The number of aromatic nitrogens is 4. The van der Waals surface area contributed by atoms with E-state index >= 15 is 4.39 Å². The van der Waals surface area contributed by atoms with Crippen molar-refractivity contribution in [3.05, 3.63) is 60.6 Å². The normalized spacial score (nSPS) is 12.7. The minimum atomic E-state index is -0.699. The maximum atomic E-state index is 15.1. The van der Waals surface area contributed by atoms with Crippen LogP contribution in [0.4, 0.5) is 14.9 Å². The topological polar surface area (TPSA) is 118 Å². The molecule has 0 bridgehead atoms. The number of methoxy groups -OCH3 is 2. The van der Waals surface area contributed by atoms with Gasteiger partial charge in [0.1, 0.15) is 34.5 Å². The number of nitrogens with one attached hydrogen (secondary N) is 1. The van der Waals surface area contributed by atoms with Crippen LogP contribution in [0.5, 0.6) is 17.2 Å². The third kappa shape index (κ3) is 5.71. The van der Waals surface area contributed by atoms with Gasteiger partial charge in [-0.1, -0.05) is 0 Å². The Balaban J connectivity index is 1.36. The highest BCUT2D eigenvalue weighted by Gasteiger charge is 2.22. The first-order valence-corrected chi connectivity index (χ1v) is 13.1. The molecule has 0 saturated carbocycles.